The van der Waals surface area contributed by atoms with Gasteiger partial charge in [0.2, 0.25) is 0 Å². The van der Waals surface area contributed by atoms with Crippen molar-refractivity contribution in [3.63, 3.8) is 0 Å². The van der Waals surface area contributed by atoms with Crippen LogP contribution < -0.4 is 0 Å². The van der Waals surface area contributed by atoms with Crippen molar-refractivity contribution in [3.8, 4) is 83.8 Å². The molecule has 0 fully saturated rings. The van der Waals surface area contributed by atoms with E-state index >= 15 is 0 Å². The average Bonchev–Trinajstić information content (AvgIpc) is 3.99. The third-order valence-corrected chi connectivity index (χ3v) is 12.8. The average molecular weight is 1080 g/mol. The smallest absolute Gasteiger partial charge is 0.305 e. The molecule has 0 N–H and O–H groups in total. The summed E-state index contributed by atoms with van der Waals surface area (Å²) in [6.45, 7) is 0. The van der Waals surface area contributed by atoms with Gasteiger partial charge in [0.25, 0.3) is 0 Å². The predicted molar refractivity (Wildman–Crippen MR) is 281 cm³/mol. The second-order valence-electron chi connectivity index (χ2n) is 17.4. The van der Waals surface area contributed by atoms with E-state index in [1.54, 1.807) is 6.20 Å². The van der Waals surface area contributed by atoms with Gasteiger partial charge in [-0.2, -0.15) is 28.9 Å². The normalized spacial score (nSPS) is 11.0. The fraction of sp³-hybridized carbons (Fsp3) is 0.0615. The zero-order valence-electron chi connectivity index (χ0n) is 38.5. The number of pyridine rings is 2. The molecule has 11 rings (SSSR count). The van der Waals surface area contributed by atoms with Gasteiger partial charge in [0.15, 0.2) is 0 Å². The maximum Gasteiger partial charge on any atom is 3.00 e. The van der Waals surface area contributed by atoms with Crippen LogP contribution in [0, 0.1) is 18.2 Å². The summed E-state index contributed by atoms with van der Waals surface area (Å²) < 4.78 is 1.84. The molecule has 4 nitrogen and oxygen atoms in total. The Morgan fingerprint density at radius 2 is 0.957 bits per heavy atom. The molecule has 8 aromatic carbocycles. The van der Waals surface area contributed by atoms with E-state index in [9.17, 15) is 0 Å². The molecule has 336 valence electrons. The van der Waals surface area contributed by atoms with Gasteiger partial charge in [-0.3, -0.25) is 4.68 Å². The molecule has 0 aliphatic carbocycles. The van der Waals surface area contributed by atoms with E-state index in [4.69, 9.17) is 4.98 Å². The van der Waals surface area contributed by atoms with E-state index in [1.165, 1.54) is 44.5 Å². The SMILES string of the molecule is [Ir+3].[c-]1cc(CCc2cc(CCc3c[c-]c(-n4cccn4)cc3)cc(-c3ccccc3-c3c[c-]c(-c4cc(-c5ccccc5)ccn4)cc3-c3ccc(-c4ccccc4)cc3)c2)ccc1-c1ccccn1. The predicted octanol–water partition coefficient (Wildman–Crippen LogP) is 15.3. The Labute approximate surface area is 424 Å². The molecule has 0 radical (unpaired) electrons. The summed E-state index contributed by atoms with van der Waals surface area (Å²) in [7, 11) is 0. The standard InChI is InChI=1S/C65H47N4.Ir/c1-3-12-51(13-4-1)53-29-31-54(32-30-53)63-45-57(65-46-56(37-40-67-65)52-14-5-2-6-15-52)33-36-62(63)61-17-8-7-16-60(61)58-43-49(21-19-47-23-27-55(28-24-47)64-18-9-10-38-66-64)42-50(44-58)22-20-48-25-34-59(35-26-48)69-41-11-39-68-69;/h1-18,23-27,29-32,34,36-46H,19-22H2;/q-3;+3. The summed E-state index contributed by atoms with van der Waals surface area (Å²) in [4.78, 5) is 9.41. The maximum absolute atomic E-state index is 4.88. The van der Waals surface area contributed by atoms with Gasteiger partial charge in [0.1, 0.15) is 0 Å². The summed E-state index contributed by atoms with van der Waals surface area (Å²) in [5, 5.41) is 4.39. The first-order valence-electron chi connectivity index (χ1n) is 23.6. The maximum atomic E-state index is 4.88. The zero-order valence-corrected chi connectivity index (χ0v) is 40.9. The monoisotopic (exact) mass is 1080 g/mol. The van der Waals surface area contributed by atoms with Crippen molar-refractivity contribution in [2.45, 2.75) is 25.7 Å². The molecule has 0 amide bonds. The molecule has 0 atom stereocenters. The van der Waals surface area contributed by atoms with Crippen molar-refractivity contribution in [3.05, 3.63) is 278 Å². The Hall–Kier alpha value is -8.08. The van der Waals surface area contributed by atoms with Crippen molar-refractivity contribution >= 4 is 0 Å². The van der Waals surface area contributed by atoms with Gasteiger partial charge in [-0.1, -0.05) is 175 Å². The van der Waals surface area contributed by atoms with Gasteiger partial charge in [-0.25, -0.2) is 0 Å². The Morgan fingerprint density at radius 3 is 1.61 bits per heavy atom. The minimum atomic E-state index is 0. The van der Waals surface area contributed by atoms with E-state index < -0.39 is 0 Å². The van der Waals surface area contributed by atoms with Crippen LogP contribution in [0.2, 0.25) is 0 Å². The fourth-order valence-electron chi connectivity index (χ4n) is 9.17. The number of hydrogen-bond donors (Lipinski definition) is 0. The van der Waals surface area contributed by atoms with Crippen molar-refractivity contribution < 1.29 is 20.1 Å². The second kappa shape index (κ2) is 21.5. The van der Waals surface area contributed by atoms with Crippen molar-refractivity contribution in [1.29, 1.82) is 0 Å². The van der Waals surface area contributed by atoms with Crippen molar-refractivity contribution in [2.75, 3.05) is 0 Å². The topological polar surface area (TPSA) is 43.6 Å². The molecular weight excluding hydrogens is 1030 g/mol. The summed E-state index contributed by atoms with van der Waals surface area (Å²) in [5.74, 6) is 0. The van der Waals surface area contributed by atoms with Crippen LogP contribution in [0.5, 0.6) is 0 Å². The second-order valence-corrected chi connectivity index (χ2v) is 17.4. The summed E-state index contributed by atoms with van der Waals surface area (Å²) in [6.07, 6.45) is 11.0. The first-order valence-corrected chi connectivity index (χ1v) is 23.6. The van der Waals surface area contributed by atoms with Crippen LogP contribution in [-0.2, 0) is 45.8 Å². The molecule has 11 aromatic rings. The van der Waals surface area contributed by atoms with E-state index in [1.807, 2.05) is 53.6 Å². The Balaban J connectivity index is 0.00000567. The van der Waals surface area contributed by atoms with Crippen LogP contribution >= 0.6 is 0 Å². The number of hydrogen-bond acceptors (Lipinski definition) is 3. The van der Waals surface area contributed by atoms with Gasteiger partial charge < -0.3 is 9.97 Å². The first-order chi connectivity index (χ1) is 34.2. The molecule has 0 aliphatic rings. The van der Waals surface area contributed by atoms with Gasteiger partial charge in [-0.05, 0) is 98.2 Å². The third-order valence-electron chi connectivity index (χ3n) is 12.8. The number of benzene rings is 8. The molecular formula is C65H47IrN4. The minimum absolute atomic E-state index is 0. The molecule has 70 heavy (non-hydrogen) atoms. The van der Waals surface area contributed by atoms with Crippen LogP contribution in [0.4, 0.5) is 0 Å². The fourth-order valence-corrected chi connectivity index (χ4v) is 9.17. The molecule has 0 aliphatic heterocycles. The molecule has 5 heteroatoms. The van der Waals surface area contributed by atoms with Crippen LogP contribution in [0.1, 0.15) is 22.3 Å². The Kier molecular flexibility index (Phi) is 14.0. The Bertz CT molecular complexity index is 3440. The third kappa shape index (κ3) is 10.5. The molecule has 0 spiro atoms. The zero-order chi connectivity index (χ0) is 46.2. The van der Waals surface area contributed by atoms with Crippen LogP contribution in [0.25, 0.3) is 83.8 Å². The molecule has 0 saturated heterocycles. The largest absolute Gasteiger partial charge is 3.00 e. The Morgan fingerprint density at radius 1 is 0.343 bits per heavy atom. The van der Waals surface area contributed by atoms with Gasteiger partial charge in [0.05, 0.1) is 0 Å². The molecule has 0 unspecified atom stereocenters. The van der Waals surface area contributed by atoms with Gasteiger partial charge >= 0.3 is 20.1 Å². The summed E-state index contributed by atoms with van der Waals surface area (Å²) in [6, 6.07) is 86.1. The molecule has 0 bridgehead atoms. The number of nitrogens with zero attached hydrogens (tertiary/aromatic N) is 4. The molecule has 3 aromatic heterocycles. The van der Waals surface area contributed by atoms with E-state index in [0.717, 1.165) is 87.3 Å². The summed E-state index contributed by atoms with van der Waals surface area (Å²) in [5.41, 5.74) is 21.3. The quantitative estimate of drug-likeness (QED) is 0.102. The van der Waals surface area contributed by atoms with Crippen molar-refractivity contribution in [1.82, 2.24) is 19.7 Å². The minimum Gasteiger partial charge on any atom is -0.305 e. The van der Waals surface area contributed by atoms with Crippen LogP contribution in [-0.4, -0.2) is 19.7 Å². The summed E-state index contributed by atoms with van der Waals surface area (Å²) >= 11 is 0. The van der Waals surface area contributed by atoms with Gasteiger partial charge in [0, 0.05) is 24.8 Å². The number of aromatic nitrogens is 4. The van der Waals surface area contributed by atoms with Crippen molar-refractivity contribution in [2.24, 2.45) is 0 Å². The van der Waals surface area contributed by atoms with Crippen LogP contribution in [0.3, 0.4) is 0 Å². The van der Waals surface area contributed by atoms with Crippen LogP contribution in [0.15, 0.2) is 237 Å². The van der Waals surface area contributed by atoms with E-state index in [-0.39, 0.29) is 20.1 Å². The molecule has 0 saturated carbocycles. The molecule has 3 heterocycles. The number of aryl methyl sites for hydroxylation is 4. The number of rotatable bonds is 14. The van der Waals surface area contributed by atoms with E-state index in [2.05, 4.69) is 210 Å². The van der Waals surface area contributed by atoms with Gasteiger partial charge in [-0.15, -0.1) is 65.2 Å². The van der Waals surface area contributed by atoms with E-state index in [0.29, 0.717) is 0 Å². The first kappa shape index (κ1) is 45.7.